The molecule has 0 heterocycles. The summed E-state index contributed by atoms with van der Waals surface area (Å²) in [6.07, 6.45) is 1.77. The molecule has 3 N–H and O–H groups in total. The Hall–Kier alpha value is -0.900. The average Bonchev–Trinajstić information content (AvgIpc) is 2.24. The van der Waals surface area contributed by atoms with Crippen molar-refractivity contribution in [2.24, 2.45) is 17.6 Å². The summed E-state index contributed by atoms with van der Waals surface area (Å²) in [7, 11) is 0. The van der Waals surface area contributed by atoms with E-state index < -0.39 is 6.04 Å². The molecule has 1 atom stereocenters. The fraction of sp³-hybridized carbons (Fsp3) is 0.846. The third-order valence-electron chi connectivity index (χ3n) is 2.70. The van der Waals surface area contributed by atoms with Gasteiger partial charge in [0.2, 0.25) is 5.91 Å². The van der Waals surface area contributed by atoms with Gasteiger partial charge in [0.25, 0.3) is 0 Å². The van der Waals surface area contributed by atoms with Crippen LogP contribution in [0, 0.1) is 11.8 Å². The van der Waals surface area contributed by atoms with E-state index in [0.29, 0.717) is 25.3 Å². The van der Waals surface area contributed by atoms with E-state index in [1.165, 1.54) is 0 Å². The van der Waals surface area contributed by atoms with Crippen LogP contribution in [0.1, 0.15) is 47.0 Å². The van der Waals surface area contributed by atoms with Crippen LogP contribution in [0.2, 0.25) is 0 Å². The Morgan fingerprint density at radius 3 is 2.18 bits per heavy atom. The van der Waals surface area contributed by atoms with E-state index in [1.54, 1.807) is 0 Å². The van der Waals surface area contributed by atoms with Crippen molar-refractivity contribution in [2.45, 2.75) is 53.0 Å². The van der Waals surface area contributed by atoms with Crippen LogP contribution in [0.4, 0.5) is 0 Å². The molecule has 0 saturated heterocycles. The summed E-state index contributed by atoms with van der Waals surface area (Å²) < 4.78 is 0. The minimum Gasteiger partial charge on any atom is -0.355 e. The average molecular weight is 242 g/mol. The lowest BCUT2D eigenvalue weighted by Gasteiger charge is -2.13. The molecular weight excluding hydrogens is 216 g/mol. The summed E-state index contributed by atoms with van der Waals surface area (Å²) >= 11 is 0. The molecule has 0 spiro atoms. The number of ketones is 1. The second-order valence-electron chi connectivity index (χ2n) is 5.24. The normalized spacial score (nSPS) is 12.9. The SMILES string of the molecule is CC(C)CCNC(=O)[C@H](N)CCC(=O)C(C)C. The third kappa shape index (κ3) is 7.91. The Balaban J connectivity index is 3.78. The van der Waals surface area contributed by atoms with Crippen LogP contribution in [0.5, 0.6) is 0 Å². The number of nitrogens with one attached hydrogen (secondary N) is 1. The molecular formula is C13H26N2O2. The molecule has 100 valence electrons. The highest BCUT2D eigenvalue weighted by Gasteiger charge is 2.15. The molecule has 4 heteroatoms. The lowest BCUT2D eigenvalue weighted by atomic mass is 10.0. The number of hydrogen-bond donors (Lipinski definition) is 2. The first-order valence-corrected chi connectivity index (χ1v) is 6.40. The van der Waals surface area contributed by atoms with E-state index in [-0.39, 0.29) is 17.6 Å². The highest BCUT2D eigenvalue weighted by Crippen LogP contribution is 2.04. The van der Waals surface area contributed by atoms with Gasteiger partial charge < -0.3 is 11.1 Å². The fourth-order valence-corrected chi connectivity index (χ4v) is 1.33. The number of nitrogens with two attached hydrogens (primary N) is 1. The van der Waals surface area contributed by atoms with Crippen molar-refractivity contribution < 1.29 is 9.59 Å². The number of hydrogen-bond acceptors (Lipinski definition) is 3. The Morgan fingerprint density at radius 1 is 1.12 bits per heavy atom. The Morgan fingerprint density at radius 2 is 1.71 bits per heavy atom. The van der Waals surface area contributed by atoms with Gasteiger partial charge in [-0.1, -0.05) is 27.7 Å². The van der Waals surface area contributed by atoms with Crippen LogP contribution in [-0.2, 0) is 9.59 Å². The van der Waals surface area contributed by atoms with E-state index in [4.69, 9.17) is 5.73 Å². The van der Waals surface area contributed by atoms with Crippen molar-refractivity contribution in [3.8, 4) is 0 Å². The summed E-state index contributed by atoms with van der Waals surface area (Å²) in [6, 6.07) is -0.565. The van der Waals surface area contributed by atoms with Gasteiger partial charge in [-0.3, -0.25) is 9.59 Å². The largest absolute Gasteiger partial charge is 0.355 e. The summed E-state index contributed by atoms with van der Waals surface area (Å²) in [5.41, 5.74) is 5.72. The van der Waals surface area contributed by atoms with Crippen LogP contribution < -0.4 is 11.1 Å². The Labute approximate surface area is 104 Å². The number of rotatable bonds is 8. The van der Waals surface area contributed by atoms with Gasteiger partial charge in [0.05, 0.1) is 6.04 Å². The van der Waals surface area contributed by atoms with Gasteiger partial charge in [-0.15, -0.1) is 0 Å². The summed E-state index contributed by atoms with van der Waals surface area (Å²) in [6.45, 7) is 8.58. The maximum Gasteiger partial charge on any atom is 0.236 e. The van der Waals surface area contributed by atoms with Crippen LogP contribution in [0.3, 0.4) is 0 Å². The van der Waals surface area contributed by atoms with Gasteiger partial charge in [-0.2, -0.15) is 0 Å². The van der Waals surface area contributed by atoms with Crippen molar-refractivity contribution in [1.82, 2.24) is 5.32 Å². The van der Waals surface area contributed by atoms with Gasteiger partial charge in [0, 0.05) is 18.9 Å². The molecule has 17 heavy (non-hydrogen) atoms. The highest BCUT2D eigenvalue weighted by atomic mass is 16.2. The molecule has 0 aromatic heterocycles. The molecule has 0 aliphatic heterocycles. The van der Waals surface area contributed by atoms with Gasteiger partial charge in [0.1, 0.15) is 5.78 Å². The van der Waals surface area contributed by atoms with Crippen molar-refractivity contribution in [3.05, 3.63) is 0 Å². The van der Waals surface area contributed by atoms with Crippen LogP contribution in [-0.4, -0.2) is 24.3 Å². The number of amides is 1. The van der Waals surface area contributed by atoms with Gasteiger partial charge >= 0.3 is 0 Å². The first-order chi connectivity index (χ1) is 7.84. The maximum absolute atomic E-state index is 11.6. The van der Waals surface area contributed by atoms with E-state index in [9.17, 15) is 9.59 Å². The molecule has 0 aliphatic carbocycles. The van der Waals surface area contributed by atoms with Gasteiger partial charge in [-0.05, 0) is 18.8 Å². The van der Waals surface area contributed by atoms with Crippen molar-refractivity contribution in [1.29, 1.82) is 0 Å². The predicted octanol–water partition coefficient (Wildman–Crippen LogP) is 1.48. The van der Waals surface area contributed by atoms with E-state index in [0.717, 1.165) is 6.42 Å². The molecule has 0 aromatic carbocycles. The minimum atomic E-state index is -0.565. The summed E-state index contributed by atoms with van der Waals surface area (Å²) in [5.74, 6) is 0.595. The second kappa shape index (κ2) is 8.23. The molecule has 0 aliphatic rings. The zero-order valence-corrected chi connectivity index (χ0v) is 11.5. The molecule has 1 amide bonds. The molecule has 0 rings (SSSR count). The number of Topliss-reactive ketones (excluding diaryl/α,β-unsaturated/α-hetero) is 1. The monoisotopic (exact) mass is 242 g/mol. The fourth-order valence-electron chi connectivity index (χ4n) is 1.33. The van der Waals surface area contributed by atoms with Gasteiger partial charge in [0.15, 0.2) is 0 Å². The van der Waals surface area contributed by atoms with Gasteiger partial charge in [-0.25, -0.2) is 0 Å². The first kappa shape index (κ1) is 16.1. The summed E-state index contributed by atoms with van der Waals surface area (Å²) in [4.78, 5) is 22.9. The standard InChI is InChI=1S/C13H26N2O2/c1-9(2)7-8-15-13(17)11(14)5-6-12(16)10(3)4/h9-11H,5-8,14H2,1-4H3,(H,15,17)/t11-/m1/s1. The highest BCUT2D eigenvalue weighted by molar-refractivity contribution is 5.84. The van der Waals surface area contributed by atoms with E-state index >= 15 is 0 Å². The number of carbonyl (C=O) groups excluding carboxylic acids is 2. The Kier molecular flexibility index (Phi) is 7.79. The molecule has 0 radical (unpaired) electrons. The van der Waals surface area contributed by atoms with E-state index in [2.05, 4.69) is 19.2 Å². The third-order valence-corrected chi connectivity index (χ3v) is 2.70. The topological polar surface area (TPSA) is 72.2 Å². The first-order valence-electron chi connectivity index (χ1n) is 6.40. The van der Waals surface area contributed by atoms with Crippen molar-refractivity contribution >= 4 is 11.7 Å². The zero-order chi connectivity index (χ0) is 13.4. The van der Waals surface area contributed by atoms with Crippen molar-refractivity contribution in [2.75, 3.05) is 6.54 Å². The lowest BCUT2D eigenvalue weighted by molar-refractivity contribution is -0.123. The molecule has 0 fully saturated rings. The lowest BCUT2D eigenvalue weighted by Crippen LogP contribution is -2.41. The van der Waals surface area contributed by atoms with Crippen LogP contribution >= 0.6 is 0 Å². The smallest absolute Gasteiger partial charge is 0.236 e. The number of carbonyl (C=O) groups is 2. The Bertz CT molecular complexity index is 250. The summed E-state index contributed by atoms with van der Waals surface area (Å²) in [5, 5.41) is 2.79. The van der Waals surface area contributed by atoms with Crippen LogP contribution in [0.25, 0.3) is 0 Å². The molecule has 0 saturated carbocycles. The molecule has 0 aromatic rings. The maximum atomic E-state index is 11.6. The predicted molar refractivity (Wildman–Crippen MR) is 69.5 cm³/mol. The van der Waals surface area contributed by atoms with Crippen LogP contribution in [0.15, 0.2) is 0 Å². The molecule has 0 bridgehead atoms. The minimum absolute atomic E-state index is 0.0196. The molecule has 0 unspecified atom stereocenters. The quantitative estimate of drug-likeness (QED) is 0.677. The second-order valence-corrected chi connectivity index (χ2v) is 5.24. The van der Waals surface area contributed by atoms with Crippen molar-refractivity contribution in [3.63, 3.8) is 0 Å². The molecule has 4 nitrogen and oxygen atoms in total. The zero-order valence-electron chi connectivity index (χ0n) is 11.5. The van der Waals surface area contributed by atoms with E-state index in [1.807, 2.05) is 13.8 Å².